The quantitative estimate of drug-likeness (QED) is 0.535. The molecule has 0 aromatic heterocycles. The molecule has 8 heavy (non-hydrogen) atoms. The summed E-state index contributed by atoms with van der Waals surface area (Å²) >= 11 is 0. The maximum atomic E-state index is 5.42. The highest BCUT2D eigenvalue weighted by Crippen LogP contribution is 1.97. The second-order valence-electron chi connectivity index (χ2n) is 1.55. The van der Waals surface area contributed by atoms with Gasteiger partial charge >= 0.3 is 0 Å². The highest BCUT2D eigenvalue weighted by atomic mass is 14.6. The maximum absolute atomic E-state index is 5.42. The van der Waals surface area contributed by atoms with Crippen molar-refractivity contribution >= 4 is 0 Å². The van der Waals surface area contributed by atoms with Gasteiger partial charge in [-0.2, -0.15) is 0 Å². The first-order valence-corrected chi connectivity index (χ1v) is 2.43. The highest BCUT2D eigenvalue weighted by Gasteiger charge is 1.83. The van der Waals surface area contributed by atoms with Crippen molar-refractivity contribution in [2.24, 2.45) is 5.73 Å². The van der Waals surface area contributed by atoms with Gasteiger partial charge in [0.2, 0.25) is 0 Å². The third-order valence-electron chi connectivity index (χ3n) is 0.981. The Hall–Kier alpha value is -0.980. The molecule has 0 amide bonds. The van der Waals surface area contributed by atoms with Crippen LogP contribution in [0.1, 0.15) is 6.92 Å². The smallest absolute Gasteiger partial charge is 0.0337 e. The van der Waals surface area contributed by atoms with Gasteiger partial charge in [-0.1, -0.05) is 19.2 Å². The maximum Gasteiger partial charge on any atom is 0.0337 e. The number of rotatable bonds is 2. The molecule has 0 heterocycles. The van der Waals surface area contributed by atoms with Crippen molar-refractivity contribution in [1.82, 2.24) is 0 Å². The zero-order chi connectivity index (χ0) is 6.57. The standard InChI is InChI=1S/C7H11N/c1-4-6(3)7(8)5-2/h4-5H,1-2,8H2,3H3/b7-6-. The Bertz CT molecular complexity index is 115. The fourth-order valence-electron chi connectivity index (χ4n) is 0.279. The third-order valence-corrected chi connectivity index (χ3v) is 0.981. The van der Waals surface area contributed by atoms with Crippen LogP contribution >= 0.6 is 0 Å². The number of nitrogens with two attached hydrogens (primary N) is 1. The van der Waals surface area contributed by atoms with E-state index in [2.05, 4.69) is 13.2 Å². The van der Waals surface area contributed by atoms with Crippen molar-refractivity contribution in [3.63, 3.8) is 0 Å². The molecule has 2 N–H and O–H groups in total. The lowest BCUT2D eigenvalue weighted by Crippen LogP contribution is -1.94. The average molecular weight is 109 g/mol. The van der Waals surface area contributed by atoms with Crippen LogP contribution in [0.4, 0.5) is 0 Å². The highest BCUT2D eigenvalue weighted by molar-refractivity contribution is 5.26. The molecule has 0 rings (SSSR count). The first-order chi connectivity index (χ1) is 3.72. The van der Waals surface area contributed by atoms with E-state index in [1.807, 2.05) is 6.92 Å². The zero-order valence-corrected chi connectivity index (χ0v) is 5.15. The summed E-state index contributed by atoms with van der Waals surface area (Å²) in [5.41, 5.74) is 7.08. The first kappa shape index (κ1) is 7.02. The molecule has 1 heteroatoms. The predicted octanol–water partition coefficient (Wildman–Crippen LogP) is 1.59. The van der Waals surface area contributed by atoms with Gasteiger partial charge in [-0.05, 0) is 18.6 Å². The molecule has 0 saturated heterocycles. The normalized spacial score (nSPS) is 12.1. The van der Waals surface area contributed by atoms with Gasteiger partial charge in [0.05, 0.1) is 0 Å². The lowest BCUT2D eigenvalue weighted by atomic mass is 10.2. The van der Waals surface area contributed by atoms with Crippen molar-refractivity contribution in [2.75, 3.05) is 0 Å². The molecular weight excluding hydrogens is 98.1 g/mol. The number of hydrogen-bond donors (Lipinski definition) is 1. The van der Waals surface area contributed by atoms with E-state index >= 15 is 0 Å². The van der Waals surface area contributed by atoms with E-state index in [-0.39, 0.29) is 0 Å². The summed E-state index contributed by atoms with van der Waals surface area (Å²) in [6.45, 7) is 8.94. The van der Waals surface area contributed by atoms with Gasteiger partial charge in [0.25, 0.3) is 0 Å². The Balaban J connectivity index is 4.25. The molecule has 0 aromatic rings. The lowest BCUT2D eigenvalue weighted by Gasteiger charge is -1.92. The fraction of sp³-hybridized carbons (Fsp3) is 0.143. The predicted molar refractivity (Wildman–Crippen MR) is 37.3 cm³/mol. The average Bonchev–Trinajstić information content (AvgIpc) is 1.84. The molecule has 1 nitrogen and oxygen atoms in total. The van der Waals surface area contributed by atoms with Crippen LogP contribution in [0.3, 0.4) is 0 Å². The molecule has 44 valence electrons. The summed E-state index contributed by atoms with van der Waals surface area (Å²) in [7, 11) is 0. The minimum Gasteiger partial charge on any atom is -0.399 e. The van der Waals surface area contributed by atoms with Crippen molar-refractivity contribution in [1.29, 1.82) is 0 Å². The summed E-state index contributed by atoms with van der Waals surface area (Å²) in [5.74, 6) is 0. The molecule has 0 aliphatic carbocycles. The molecule has 0 aromatic carbocycles. The Morgan fingerprint density at radius 3 is 2.00 bits per heavy atom. The van der Waals surface area contributed by atoms with E-state index in [1.54, 1.807) is 12.2 Å². The van der Waals surface area contributed by atoms with Crippen molar-refractivity contribution < 1.29 is 0 Å². The summed E-state index contributed by atoms with van der Waals surface area (Å²) in [5, 5.41) is 0. The van der Waals surface area contributed by atoms with Gasteiger partial charge < -0.3 is 5.73 Å². The van der Waals surface area contributed by atoms with Gasteiger partial charge in [-0.25, -0.2) is 0 Å². The Morgan fingerprint density at radius 1 is 1.38 bits per heavy atom. The van der Waals surface area contributed by atoms with Gasteiger partial charge in [0.15, 0.2) is 0 Å². The topological polar surface area (TPSA) is 26.0 Å². The summed E-state index contributed by atoms with van der Waals surface area (Å²) in [6.07, 6.45) is 3.31. The molecule has 0 fully saturated rings. The van der Waals surface area contributed by atoms with E-state index in [4.69, 9.17) is 5.73 Å². The van der Waals surface area contributed by atoms with E-state index in [0.29, 0.717) is 5.70 Å². The Morgan fingerprint density at radius 2 is 1.88 bits per heavy atom. The fourth-order valence-corrected chi connectivity index (χ4v) is 0.279. The van der Waals surface area contributed by atoms with E-state index < -0.39 is 0 Å². The molecule has 0 radical (unpaired) electrons. The van der Waals surface area contributed by atoms with Gasteiger partial charge in [-0.15, -0.1) is 0 Å². The summed E-state index contributed by atoms with van der Waals surface area (Å²) < 4.78 is 0. The van der Waals surface area contributed by atoms with Crippen LogP contribution in [0.15, 0.2) is 36.6 Å². The van der Waals surface area contributed by atoms with E-state index in [9.17, 15) is 0 Å². The minimum atomic E-state index is 0.694. The second-order valence-corrected chi connectivity index (χ2v) is 1.55. The molecule has 0 unspecified atom stereocenters. The molecule has 0 aliphatic heterocycles. The summed E-state index contributed by atoms with van der Waals surface area (Å²) in [4.78, 5) is 0. The molecule has 0 saturated carbocycles. The minimum absolute atomic E-state index is 0.694. The van der Waals surface area contributed by atoms with Crippen LogP contribution in [0, 0.1) is 0 Å². The molecule has 0 spiro atoms. The second kappa shape index (κ2) is 3.08. The van der Waals surface area contributed by atoms with E-state index in [0.717, 1.165) is 5.57 Å². The Labute approximate surface area is 50.2 Å². The summed E-state index contributed by atoms with van der Waals surface area (Å²) in [6, 6.07) is 0. The van der Waals surface area contributed by atoms with Gasteiger partial charge in [-0.3, -0.25) is 0 Å². The number of hydrogen-bond acceptors (Lipinski definition) is 1. The third kappa shape index (κ3) is 1.65. The monoisotopic (exact) mass is 109 g/mol. The van der Waals surface area contributed by atoms with Crippen LogP contribution in [-0.4, -0.2) is 0 Å². The largest absolute Gasteiger partial charge is 0.399 e. The lowest BCUT2D eigenvalue weighted by molar-refractivity contribution is 1.33. The van der Waals surface area contributed by atoms with Crippen molar-refractivity contribution in [2.45, 2.75) is 6.92 Å². The molecule has 0 atom stereocenters. The van der Waals surface area contributed by atoms with Crippen LogP contribution in [0.25, 0.3) is 0 Å². The van der Waals surface area contributed by atoms with Gasteiger partial charge in [0.1, 0.15) is 0 Å². The first-order valence-electron chi connectivity index (χ1n) is 2.43. The van der Waals surface area contributed by atoms with E-state index in [1.165, 1.54) is 0 Å². The molecule has 0 aliphatic rings. The molecular formula is C7H11N. The van der Waals surface area contributed by atoms with Gasteiger partial charge in [0, 0.05) is 5.70 Å². The van der Waals surface area contributed by atoms with Crippen molar-refractivity contribution in [3.8, 4) is 0 Å². The number of allylic oxidation sites excluding steroid dienone is 3. The zero-order valence-electron chi connectivity index (χ0n) is 5.15. The van der Waals surface area contributed by atoms with Crippen molar-refractivity contribution in [3.05, 3.63) is 36.6 Å². The Kier molecular flexibility index (Phi) is 2.70. The van der Waals surface area contributed by atoms with Crippen LogP contribution < -0.4 is 5.73 Å². The SMILES string of the molecule is C=C/C(C)=C(\N)C=C. The van der Waals surface area contributed by atoms with Crippen LogP contribution in [0.5, 0.6) is 0 Å². The van der Waals surface area contributed by atoms with Crippen LogP contribution in [-0.2, 0) is 0 Å². The molecule has 0 bridgehead atoms. The van der Waals surface area contributed by atoms with Crippen LogP contribution in [0.2, 0.25) is 0 Å².